The maximum absolute atomic E-state index is 12.1. The second-order valence-electron chi connectivity index (χ2n) is 5.84. The second kappa shape index (κ2) is 6.65. The quantitative estimate of drug-likeness (QED) is 0.860. The van der Waals surface area contributed by atoms with Crippen molar-refractivity contribution >= 4 is 5.97 Å². The molecule has 22 heavy (non-hydrogen) atoms. The molecule has 3 nitrogen and oxygen atoms in total. The lowest BCUT2D eigenvalue weighted by atomic mass is 9.83. The molecule has 114 valence electrons. The van der Waals surface area contributed by atoms with Crippen molar-refractivity contribution in [2.24, 2.45) is 0 Å². The Balaban J connectivity index is 1.53. The van der Waals surface area contributed by atoms with Gasteiger partial charge in [-0.15, -0.1) is 0 Å². The number of benzene rings is 2. The number of phenolic OH excluding ortho intramolecular Hbond substituents is 1. The SMILES string of the molecule is O=C(OC1CCC(c2ccccc2)CC1)c1ccc(O)cc1. The minimum absolute atomic E-state index is 0.00117. The Morgan fingerprint density at radius 2 is 1.55 bits per heavy atom. The number of carbonyl (C=O) groups is 1. The van der Waals surface area contributed by atoms with Gasteiger partial charge in [-0.3, -0.25) is 0 Å². The van der Waals surface area contributed by atoms with Crippen molar-refractivity contribution in [1.29, 1.82) is 0 Å². The monoisotopic (exact) mass is 296 g/mol. The van der Waals surface area contributed by atoms with Gasteiger partial charge >= 0.3 is 5.97 Å². The summed E-state index contributed by atoms with van der Waals surface area (Å²) < 4.78 is 5.58. The maximum atomic E-state index is 12.1. The van der Waals surface area contributed by atoms with Crippen LogP contribution in [0.3, 0.4) is 0 Å². The minimum atomic E-state index is -0.303. The lowest BCUT2D eigenvalue weighted by Crippen LogP contribution is -2.23. The Morgan fingerprint density at radius 3 is 2.18 bits per heavy atom. The summed E-state index contributed by atoms with van der Waals surface area (Å²) in [6.07, 6.45) is 3.92. The summed E-state index contributed by atoms with van der Waals surface area (Å²) in [6, 6.07) is 16.7. The third kappa shape index (κ3) is 3.48. The number of hydrogen-bond donors (Lipinski definition) is 1. The van der Waals surface area contributed by atoms with E-state index in [1.807, 2.05) is 6.07 Å². The van der Waals surface area contributed by atoms with Crippen LogP contribution >= 0.6 is 0 Å². The highest BCUT2D eigenvalue weighted by Crippen LogP contribution is 2.34. The summed E-state index contributed by atoms with van der Waals surface area (Å²) in [4.78, 5) is 12.1. The van der Waals surface area contributed by atoms with Gasteiger partial charge in [0.1, 0.15) is 11.9 Å². The Morgan fingerprint density at radius 1 is 0.909 bits per heavy atom. The van der Waals surface area contributed by atoms with E-state index in [2.05, 4.69) is 24.3 Å². The van der Waals surface area contributed by atoms with Gasteiger partial charge in [0.05, 0.1) is 5.56 Å². The predicted molar refractivity (Wildman–Crippen MR) is 85.0 cm³/mol. The van der Waals surface area contributed by atoms with Crippen LogP contribution in [0.5, 0.6) is 5.75 Å². The molecule has 0 amide bonds. The molecule has 1 aliphatic rings. The van der Waals surface area contributed by atoms with Crippen LogP contribution in [0.25, 0.3) is 0 Å². The van der Waals surface area contributed by atoms with Crippen molar-refractivity contribution in [2.45, 2.75) is 37.7 Å². The fraction of sp³-hybridized carbons (Fsp3) is 0.316. The van der Waals surface area contributed by atoms with Gasteiger partial charge in [0.15, 0.2) is 0 Å². The number of aromatic hydroxyl groups is 1. The summed E-state index contributed by atoms with van der Waals surface area (Å²) >= 11 is 0. The fourth-order valence-electron chi connectivity index (χ4n) is 3.06. The molecule has 1 fully saturated rings. The molecule has 1 aliphatic carbocycles. The van der Waals surface area contributed by atoms with Crippen molar-refractivity contribution in [3.63, 3.8) is 0 Å². The maximum Gasteiger partial charge on any atom is 0.338 e. The summed E-state index contributed by atoms with van der Waals surface area (Å²) in [5, 5.41) is 9.25. The van der Waals surface area contributed by atoms with E-state index in [0.29, 0.717) is 11.5 Å². The molecule has 0 unspecified atom stereocenters. The molecule has 1 N–H and O–H groups in total. The minimum Gasteiger partial charge on any atom is -0.508 e. The molecule has 0 heterocycles. The van der Waals surface area contributed by atoms with E-state index in [9.17, 15) is 9.90 Å². The third-order valence-electron chi connectivity index (χ3n) is 4.32. The summed E-state index contributed by atoms with van der Waals surface area (Å²) in [5.74, 6) is 0.424. The predicted octanol–water partition coefficient (Wildman–Crippen LogP) is 4.28. The van der Waals surface area contributed by atoms with Gasteiger partial charge in [-0.2, -0.15) is 0 Å². The smallest absolute Gasteiger partial charge is 0.338 e. The molecule has 0 aliphatic heterocycles. The van der Waals surface area contributed by atoms with Crippen LogP contribution in [0.4, 0.5) is 0 Å². The highest BCUT2D eigenvalue weighted by atomic mass is 16.5. The van der Waals surface area contributed by atoms with E-state index in [0.717, 1.165) is 25.7 Å². The van der Waals surface area contributed by atoms with E-state index < -0.39 is 0 Å². The van der Waals surface area contributed by atoms with E-state index in [1.54, 1.807) is 12.1 Å². The Hall–Kier alpha value is -2.29. The average Bonchev–Trinajstić information content (AvgIpc) is 2.57. The molecule has 2 aromatic carbocycles. The lowest BCUT2D eigenvalue weighted by molar-refractivity contribution is 0.0195. The summed E-state index contributed by atoms with van der Waals surface area (Å²) in [6.45, 7) is 0. The number of ether oxygens (including phenoxy) is 1. The van der Waals surface area contributed by atoms with Crippen molar-refractivity contribution in [3.8, 4) is 5.75 Å². The average molecular weight is 296 g/mol. The van der Waals surface area contributed by atoms with E-state index in [-0.39, 0.29) is 17.8 Å². The zero-order valence-electron chi connectivity index (χ0n) is 12.4. The first kappa shape index (κ1) is 14.6. The fourth-order valence-corrected chi connectivity index (χ4v) is 3.06. The van der Waals surface area contributed by atoms with Crippen LogP contribution in [-0.4, -0.2) is 17.2 Å². The van der Waals surface area contributed by atoms with Crippen LogP contribution in [0.15, 0.2) is 54.6 Å². The summed E-state index contributed by atoms with van der Waals surface area (Å²) in [7, 11) is 0. The van der Waals surface area contributed by atoms with E-state index in [4.69, 9.17) is 4.74 Å². The van der Waals surface area contributed by atoms with Crippen LogP contribution < -0.4 is 0 Å². The van der Waals surface area contributed by atoms with Gasteiger partial charge in [-0.1, -0.05) is 30.3 Å². The topological polar surface area (TPSA) is 46.5 Å². The standard InChI is InChI=1S/C19H20O3/c20-17-10-6-16(7-11-17)19(21)22-18-12-8-15(9-13-18)14-4-2-1-3-5-14/h1-7,10-11,15,18,20H,8-9,12-13H2. The lowest BCUT2D eigenvalue weighted by Gasteiger charge is -2.28. The molecule has 0 spiro atoms. The molecular weight excluding hydrogens is 276 g/mol. The molecular formula is C19H20O3. The zero-order valence-corrected chi connectivity index (χ0v) is 12.4. The molecule has 0 bridgehead atoms. The Labute approximate surface area is 130 Å². The number of rotatable bonds is 3. The van der Waals surface area contributed by atoms with Crippen LogP contribution in [-0.2, 0) is 4.74 Å². The van der Waals surface area contributed by atoms with Gasteiger partial charge in [0.2, 0.25) is 0 Å². The van der Waals surface area contributed by atoms with Crippen LogP contribution in [0.1, 0.15) is 47.5 Å². The number of hydrogen-bond acceptors (Lipinski definition) is 3. The highest BCUT2D eigenvalue weighted by molar-refractivity contribution is 5.89. The molecule has 1 saturated carbocycles. The van der Waals surface area contributed by atoms with Crippen molar-refractivity contribution < 1.29 is 14.6 Å². The molecule has 0 atom stereocenters. The third-order valence-corrected chi connectivity index (χ3v) is 4.32. The molecule has 0 radical (unpaired) electrons. The summed E-state index contributed by atoms with van der Waals surface area (Å²) in [5.41, 5.74) is 1.87. The normalized spacial score (nSPS) is 21.3. The van der Waals surface area contributed by atoms with Gasteiger partial charge in [0.25, 0.3) is 0 Å². The Kier molecular flexibility index (Phi) is 4.42. The van der Waals surface area contributed by atoms with Crippen molar-refractivity contribution in [3.05, 3.63) is 65.7 Å². The molecule has 3 heteroatoms. The first-order chi connectivity index (χ1) is 10.7. The largest absolute Gasteiger partial charge is 0.508 e. The van der Waals surface area contributed by atoms with Crippen LogP contribution in [0.2, 0.25) is 0 Å². The van der Waals surface area contributed by atoms with Crippen molar-refractivity contribution in [1.82, 2.24) is 0 Å². The number of esters is 1. The van der Waals surface area contributed by atoms with Gasteiger partial charge in [-0.05, 0) is 61.4 Å². The first-order valence-electron chi connectivity index (χ1n) is 7.77. The zero-order chi connectivity index (χ0) is 15.4. The van der Waals surface area contributed by atoms with E-state index >= 15 is 0 Å². The molecule has 2 aromatic rings. The van der Waals surface area contributed by atoms with E-state index in [1.165, 1.54) is 17.7 Å². The van der Waals surface area contributed by atoms with Crippen molar-refractivity contribution in [2.75, 3.05) is 0 Å². The second-order valence-corrected chi connectivity index (χ2v) is 5.84. The highest BCUT2D eigenvalue weighted by Gasteiger charge is 2.25. The first-order valence-corrected chi connectivity index (χ1v) is 7.77. The van der Waals surface area contributed by atoms with Crippen LogP contribution in [0, 0.1) is 0 Å². The molecule has 0 saturated heterocycles. The molecule has 0 aromatic heterocycles. The van der Waals surface area contributed by atoms with Gasteiger partial charge in [0, 0.05) is 0 Å². The van der Waals surface area contributed by atoms with Gasteiger partial charge in [-0.25, -0.2) is 4.79 Å². The van der Waals surface area contributed by atoms with Gasteiger partial charge < -0.3 is 9.84 Å². The number of phenols is 1. The molecule has 3 rings (SSSR count). The number of carbonyl (C=O) groups excluding carboxylic acids is 1. The Bertz CT molecular complexity index is 611.